The van der Waals surface area contributed by atoms with Gasteiger partial charge in [-0.25, -0.2) is 0 Å². The molecule has 1 fully saturated rings. The lowest BCUT2D eigenvalue weighted by Gasteiger charge is -2.34. The molecule has 2 aliphatic rings. The molecule has 2 aliphatic heterocycles. The van der Waals surface area contributed by atoms with Crippen LogP contribution in [-0.4, -0.2) is 54.0 Å². The van der Waals surface area contributed by atoms with Crippen LogP contribution >= 0.6 is 11.8 Å². The van der Waals surface area contributed by atoms with Crippen molar-refractivity contribution in [3.05, 3.63) is 24.3 Å². The highest BCUT2D eigenvalue weighted by Crippen LogP contribution is 2.33. The lowest BCUT2D eigenvalue weighted by molar-refractivity contribution is -0.132. The van der Waals surface area contributed by atoms with Crippen LogP contribution in [-0.2, 0) is 9.59 Å². The number of para-hydroxylation sites is 2. The number of hydrogen-bond donors (Lipinski definition) is 0. The van der Waals surface area contributed by atoms with Crippen molar-refractivity contribution in [3.63, 3.8) is 0 Å². The van der Waals surface area contributed by atoms with Crippen molar-refractivity contribution in [1.82, 2.24) is 4.90 Å². The summed E-state index contributed by atoms with van der Waals surface area (Å²) in [6.45, 7) is 3.33. The normalized spacial score (nSPS) is 21.8. The van der Waals surface area contributed by atoms with E-state index in [0.717, 1.165) is 24.6 Å². The molecular weight excluding hydrogens is 288 g/mol. The first-order chi connectivity index (χ1) is 10.2. The van der Waals surface area contributed by atoms with Gasteiger partial charge < -0.3 is 9.64 Å². The number of carbonyl (C=O) groups is 2. The Morgan fingerprint density at radius 2 is 2.05 bits per heavy atom. The number of nitrogens with zero attached hydrogens (tertiary/aromatic N) is 2. The van der Waals surface area contributed by atoms with Gasteiger partial charge in [-0.05, 0) is 19.1 Å². The zero-order valence-corrected chi connectivity index (χ0v) is 12.8. The van der Waals surface area contributed by atoms with E-state index in [4.69, 9.17) is 4.74 Å². The second kappa shape index (κ2) is 5.97. The van der Waals surface area contributed by atoms with E-state index in [1.54, 1.807) is 11.8 Å². The van der Waals surface area contributed by atoms with Gasteiger partial charge in [0.25, 0.3) is 5.91 Å². The van der Waals surface area contributed by atoms with Crippen molar-refractivity contribution < 1.29 is 14.3 Å². The van der Waals surface area contributed by atoms with Gasteiger partial charge in [0.15, 0.2) is 6.10 Å². The standard InChI is InChI=1S/C15H18N2O3S/c1-11-15(19)17(12-4-2-3-5-13(12)20-11)10-14(18)16-6-8-21-9-7-16/h2-5,11H,6-10H2,1H3/t11-/m0/s1. The third kappa shape index (κ3) is 2.85. The predicted octanol–water partition coefficient (Wildman–Crippen LogP) is 1.38. The summed E-state index contributed by atoms with van der Waals surface area (Å²) in [5.41, 5.74) is 0.681. The van der Waals surface area contributed by atoms with E-state index in [9.17, 15) is 9.59 Å². The minimum Gasteiger partial charge on any atom is -0.479 e. The maximum absolute atomic E-state index is 12.4. The molecule has 0 N–H and O–H groups in total. The number of carbonyl (C=O) groups excluding carboxylic acids is 2. The molecule has 0 radical (unpaired) electrons. The van der Waals surface area contributed by atoms with Crippen LogP contribution in [0.25, 0.3) is 0 Å². The lowest BCUT2D eigenvalue weighted by Crippen LogP contribution is -2.50. The zero-order valence-electron chi connectivity index (χ0n) is 11.9. The number of rotatable bonds is 2. The largest absolute Gasteiger partial charge is 0.479 e. The average Bonchev–Trinajstić information content (AvgIpc) is 2.52. The molecule has 1 atom stereocenters. The number of amides is 2. The smallest absolute Gasteiger partial charge is 0.268 e. The Kier molecular flexibility index (Phi) is 4.05. The Hall–Kier alpha value is -1.69. The summed E-state index contributed by atoms with van der Waals surface area (Å²) in [4.78, 5) is 28.1. The summed E-state index contributed by atoms with van der Waals surface area (Å²) in [5.74, 6) is 2.44. The van der Waals surface area contributed by atoms with Crippen molar-refractivity contribution in [3.8, 4) is 5.75 Å². The van der Waals surface area contributed by atoms with Crippen LogP contribution in [0.2, 0.25) is 0 Å². The maximum atomic E-state index is 12.4. The number of benzene rings is 1. The third-order valence-corrected chi connectivity index (χ3v) is 4.67. The summed E-state index contributed by atoms with van der Waals surface area (Å²) in [6.07, 6.45) is -0.551. The van der Waals surface area contributed by atoms with E-state index in [1.807, 2.05) is 40.9 Å². The van der Waals surface area contributed by atoms with Gasteiger partial charge in [-0.2, -0.15) is 11.8 Å². The maximum Gasteiger partial charge on any atom is 0.268 e. The number of anilines is 1. The molecule has 0 spiro atoms. The molecule has 112 valence electrons. The van der Waals surface area contributed by atoms with Gasteiger partial charge in [0.2, 0.25) is 5.91 Å². The van der Waals surface area contributed by atoms with E-state index >= 15 is 0 Å². The predicted molar refractivity (Wildman–Crippen MR) is 82.8 cm³/mol. The highest BCUT2D eigenvalue weighted by atomic mass is 32.2. The van der Waals surface area contributed by atoms with Crippen LogP contribution < -0.4 is 9.64 Å². The number of hydrogen-bond acceptors (Lipinski definition) is 4. The Labute approximate surface area is 128 Å². The van der Waals surface area contributed by atoms with E-state index in [0.29, 0.717) is 11.4 Å². The van der Waals surface area contributed by atoms with Crippen LogP contribution in [0, 0.1) is 0 Å². The molecule has 2 amide bonds. The molecule has 21 heavy (non-hydrogen) atoms. The van der Waals surface area contributed by atoms with Crippen molar-refractivity contribution in [2.45, 2.75) is 13.0 Å². The average molecular weight is 306 g/mol. The Morgan fingerprint density at radius 3 is 2.81 bits per heavy atom. The van der Waals surface area contributed by atoms with Gasteiger partial charge in [-0.3, -0.25) is 14.5 Å². The van der Waals surface area contributed by atoms with Crippen LogP contribution in [0.15, 0.2) is 24.3 Å². The minimum absolute atomic E-state index is 0.00699. The van der Waals surface area contributed by atoms with Gasteiger partial charge in [-0.1, -0.05) is 12.1 Å². The van der Waals surface area contributed by atoms with Crippen molar-refractivity contribution in [2.24, 2.45) is 0 Å². The first-order valence-corrected chi connectivity index (χ1v) is 8.25. The minimum atomic E-state index is -0.551. The van der Waals surface area contributed by atoms with Gasteiger partial charge >= 0.3 is 0 Å². The zero-order chi connectivity index (χ0) is 14.8. The molecule has 5 nitrogen and oxygen atoms in total. The number of thioether (sulfide) groups is 1. The highest BCUT2D eigenvalue weighted by molar-refractivity contribution is 7.99. The van der Waals surface area contributed by atoms with Crippen molar-refractivity contribution in [2.75, 3.05) is 36.0 Å². The van der Waals surface area contributed by atoms with Crippen LogP contribution in [0.1, 0.15) is 6.92 Å². The van der Waals surface area contributed by atoms with Gasteiger partial charge in [0, 0.05) is 24.6 Å². The molecule has 1 aromatic carbocycles. The Morgan fingerprint density at radius 1 is 1.33 bits per heavy atom. The summed E-state index contributed by atoms with van der Waals surface area (Å²) in [5, 5.41) is 0. The third-order valence-electron chi connectivity index (χ3n) is 3.73. The Bertz CT molecular complexity index is 558. The second-order valence-corrected chi connectivity index (χ2v) is 6.37. The molecule has 2 heterocycles. The first-order valence-electron chi connectivity index (χ1n) is 7.09. The van der Waals surface area contributed by atoms with Crippen LogP contribution in [0.5, 0.6) is 5.75 Å². The molecule has 0 unspecified atom stereocenters. The summed E-state index contributed by atoms with van der Waals surface area (Å²) < 4.78 is 5.58. The first kappa shape index (κ1) is 14.3. The van der Waals surface area contributed by atoms with Gasteiger partial charge in [0.1, 0.15) is 12.3 Å². The van der Waals surface area contributed by atoms with E-state index in [1.165, 1.54) is 0 Å². The van der Waals surface area contributed by atoms with Crippen LogP contribution in [0.3, 0.4) is 0 Å². The van der Waals surface area contributed by atoms with E-state index in [2.05, 4.69) is 0 Å². The fraction of sp³-hybridized carbons (Fsp3) is 0.467. The summed E-state index contributed by atoms with van der Waals surface area (Å²) >= 11 is 1.86. The quantitative estimate of drug-likeness (QED) is 0.828. The Balaban J connectivity index is 1.80. The van der Waals surface area contributed by atoms with Crippen molar-refractivity contribution >= 4 is 29.3 Å². The molecule has 0 saturated carbocycles. The molecular formula is C15H18N2O3S. The summed E-state index contributed by atoms with van der Waals surface area (Å²) in [6, 6.07) is 7.36. The van der Waals surface area contributed by atoms with Crippen molar-refractivity contribution in [1.29, 1.82) is 0 Å². The molecule has 1 aromatic rings. The summed E-state index contributed by atoms with van der Waals surface area (Å²) in [7, 11) is 0. The molecule has 1 saturated heterocycles. The molecule has 0 bridgehead atoms. The van der Waals surface area contributed by atoms with Gasteiger partial charge in [0.05, 0.1) is 5.69 Å². The fourth-order valence-electron chi connectivity index (χ4n) is 2.57. The highest BCUT2D eigenvalue weighted by Gasteiger charge is 2.33. The lowest BCUT2D eigenvalue weighted by atomic mass is 10.2. The fourth-order valence-corrected chi connectivity index (χ4v) is 3.47. The topological polar surface area (TPSA) is 49.9 Å². The molecule has 3 rings (SSSR count). The number of ether oxygens (including phenoxy) is 1. The van der Waals surface area contributed by atoms with E-state index < -0.39 is 6.10 Å². The van der Waals surface area contributed by atoms with E-state index in [-0.39, 0.29) is 18.4 Å². The SMILES string of the molecule is C[C@@H]1Oc2ccccc2N(CC(=O)N2CCSCC2)C1=O. The van der Waals surface area contributed by atoms with Crippen LogP contribution in [0.4, 0.5) is 5.69 Å². The molecule has 0 aliphatic carbocycles. The number of fused-ring (bicyclic) bond motifs is 1. The molecule has 6 heteroatoms. The second-order valence-electron chi connectivity index (χ2n) is 5.15. The monoisotopic (exact) mass is 306 g/mol. The van der Waals surface area contributed by atoms with Gasteiger partial charge in [-0.15, -0.1) is 0 Å². The molecule has 0 aromatic heterocycles.